The fraction of sp³-hybridized carbons (Fsp3) is 0.185. The summed E-state index contributed by atoms with van der Waals surface area (Å²) in [6, 6.07) is 17.2. The zero-order valence-electron chi connectivity index (χ0n) is 20.5. The van der Waals surface area contributed by atoms with Crippen molar-refractivity contribution in [3.8, 4) is 34.6 Å². The number of benzene rings is 2. The highest BCUT2D eigenvalue weighted by Crippen LogP contribution is 2.46. The first-order valence-electron chi connectivity index (χ1n) is 11.6. The largest absolute Gasteiger partial charge is 0.497 e. The molecule has 2 aromatic carbocycles. The van der Waals surface area contributed by atoms with Gasteiger partial charge in [-0.1, -0.05) is 12.1 Å². The van der Waals surface area contributed by atoms with E-state index in [4.69, 9.17) is 25.0 Å². The number of aromatic nitrogens is 4. The monoisotopic (exact) mass is 496 g/mol. The van der Waals surface area contributed by atoms with Gasteiger partial charge in [-0.3, -0.25) is 4.57 Å². The first kappa shape index (κ1) is 23.7. The molecule has 37 heavy (non-hydrogen) atoms. The summed E-state index contributed by atoms with van der Waals surface area (Å²) < 4.78 is 19.5. The Morgan fingerprint density at radius 1 is 1.19 bits per heavy atom. The van der Waals surface area contributed by atoms with Crippen molar-refractivity contribution in [2.75, 3.05) is 13.7 Å². The molecule has 2 N–H and O–H groups in total. The zero-order valence-corrected chi connectivity index (χ0v) is 20.5. The third-order valence-electron chi connectivity index (χ3n) is 6.17. The van der Waals surface area contributed by atoms with Crippen molar-refractivity contribution in [1.29, 1.82) is 5.26 Å². The summed E-state index contributed by atoms with van der Waals surface area (Å²) in [7, 11) is 3.38. The third kappa shape index (κ3) is 4.06. The molecule has 0 radical (unpaired) electrons. The lowest BCUT2D eigenvalue weighted by molar-refractivity contribution is 0.0510. The second-order valence-corrected chi connectivity index (χ2v) is 8.28. The van der Waals surface area contributed by atoms with Crippen molar-refractivity contribution in [2.24, 2.45) is 12.8 Å². The number of imidazole rings is 1. The average molecular weight is 497 g/mol. The fourth-order valence-corrected chi connectivity index (χ4v) is 4.45. The molecule has 1 aliphatic rings. The van der Waals surface area contributed by atoms with Crippen LogP contribution in [-0.4, -0.2) is 39.0 Å². The number of nitriles is 1. The molecule has 0 aliphatic carbocycles. The lowest BCUT2D eigenvalue weighted by atomic mass is 9.83. The minimum atomic E-state index is -0.513. The van der Waals surface area contributed by atoms with Crippen molar-refractivity contribution >= 4 is 5.97 Å². The van der Waals surface area contributed by atoms with Crippen LogP contribution in [-0.2, 0) is 11.8 Å². The Morgan fingerprint density at radius 3 is 2.57 bits per heavy atom. The van der Waals surface area contributed by atoms with Crippen LogP contribution >= 0.6 is 0 Å². The molecule has 0 spiro atoms. The molecule has 10 heteroatoms. The molecular weight excluding hydrogens is 472 g/mol. The average Bonchev–Trinajstić information content (AvgIpc) is 3.53. The Kier molecular flexibility index (Phi) is 6.11. The summed E-state index contributed by atoms with van der Waals surface area (Å²) in [5.74, 6) is 0.385. The lowest BCUT2D eigenvalue weighted by Crippen LogP contribution is -2.22. The molecule has 186 valence electrons. The van der Waals surface area contributed by atoms with Crippen LogP contribution < -0.4 is 15.2 Å². The Hall–Kier alpha value is -5.04. The van der Waals surface area contributed by atoms with Crippen molar-refractivity contribution in [3.05, 3.63) is 89.3 Å². The number of rotatable bonds is 6. The number of aryl methyl sites for hydroxylation is 1. The van der Waals surface area contributed by atoms with E-state index in [0.29, 0.717) is 17.3 Å². The van der Waals surface area contributed by atoms with E-state index in [1.165, 1.54) is 0 Å². The number of ether oxygens (including phenoxy) is 3. The van der Waals surface area contributed by atoms with Crippen molar-refractivity contribution in [3.63, 3.8) is 0 Å². The number of hydrogen-bond acceptors (Lipinski definition) is 8. The topological polar surface area (TPSA) is 130 Å². The number of carbonyl (C=O) groups is 1. The highest BCUT2D eigenvalue weighted by molar-refractivity contribution is 5.86. The summed E-state index contributed by atoms with van der Waals surface area (Å²) in [6.07, 6.45) is 3.23. The van der Waals surface area contributed by atoms with Crippen molar-refractivity contribution < 1.29 is 19.0 Å². The van der Waals surface area contributed by atoms with E-state index in [0.717, 1.165) is 22.4 Å². The van der Waals surface area contributed by atoms with Crippen LogP contribution in [0.3, 0.4) is 0 Å². The Labute approximate surface area is 213 Å². The van der Waals surface area contributed by atoms with Gasteiger partial charge < -0.3 is 19.9 Å². The molecular formula is C27H24N6O4. The summed E-state index contributed by atoms with van der Waals surface area (Å²) in [5.41, 5.74) is 10.3. The third-order valence-corrected chi connectivity index (χ3v) is 6.17. The maximum Gasteiger partial charge on any atom is 0.374 e. The van der Waals surface area contributed by atoms with Crippen LogP contribution in [0, 0.1) is 11.3 Å². The molecule has 5 rings (SSSR count). The maximum absolute atomic E-state index is 12.3. The number of methoxy groups -OCH3 is 1. The molecule has 1 unspecified atom stereocenters. The highest BCUT2D eigenvalue weighted by Gasteiger charge is 2.36. The van der Waals surface area contributed by atoms with Crippen LogP contribution in [0.2, 0.25) is 0 Å². The first-order chi connectivity index (χ1) is 18.0. The number of esters is 1. The fourth-order valence-electron chi connectivity index (χ4n) is 4.45. The van der Waals surface area contributed by atoms with Gasteiger partial charge in [-0.2, -0.15) is 10.4 Å². The van der Waals surface area contributed by atoms with Gasteiger partial charge in [-0.25, -0.2) is 14.5 Å². The molecule has 0 amide bonds. The van der Waals surface area contributed by atoms with Gasteiger partial charge in [0.2, 0.25) is 17.6 Å². The van der Waals surface area contributed by atoms with Crippen LogP contribution in [0.5, 0.6) is 11.6 Å². The zero-order chi connectivity index (χ0) is 26.1. The van der Waals surface area contributed by atoms with Gasteiger partial charge in [-0.05, 0) is 48.9 Å². The second-order valence-electron chi connectivity index (χ2n) is 8.28. The molecule has 2 aromatic heterocycles. The van der Waals surface area contributed by atoms with Gasteiger partial charge in [0.25, 0.3) is 0 Å². The molecule has 4 aromatic rings. The summed E-state index contributed by atoms with van der Waals surface area (Å²) >= 11 is 0. The molecule has 0 fully saturated rings. The summed E-state index contributed by atoms with van der Waals surface area (Å²) in [5, 5.41) is 14.7. The van der Waals surface area contributed by atoms with Crippen molar-refractivity contribution in [2.45, 2.75) is 12.8 Å². The van der Waals surface area contributed by atoms with Crippen LogP contribution in [0.1, 0.15) is 34.6 Å². The molecule has 0 saturated carbocycles. The molecule has 3 heterocycles. The van der Waals surface area contributed by atoms with Gasteiger partial charge in [0, 0.05) is 30.7 Å². The standard InChI is InChI=1S/C27H24N6O4/c1-4-36-27(34)25-30-13-14-33(25)18-9-5-16(6-10-18)21-20(15-28)24(29)37-26-22(21)23(31-32(26)2)17-7-11-19(35-3)12-8-17/h5-14,21H,4,29H2,1-3H3. The number of nitrogens with two attached hydrogens (primary N) is 1. The van der Waals surface area contributed by atoms with Gasteiger partial charge in [0.1, 0.15) is 23.1 Å². The van der Waals surface area contributed by atoms with E-state index in [1.807, 2.05) is 48.5 Å². The van der Waals surface area contributed by atoms with Gasteiger partial charge in [0.05, 0.1) is 25.2 Å². The lowest BCUT2D eigenvalue weighted by Gasteiger charge is -2.25. The molecule has 0 saturated heterocycles. The Morgan fingerprint density at radius 2 is 1.92 bits per heavy atom. The van der Waals surface area contributed by atoms with E-state index in [1.54, 1.807) is 42.7 Å². The van der Waals surface area contributed by atoms with Crippen LogP contribution in [0.4, 0.5) is 0 Å². The minimum absolute atomic E-state index is 0.0348. The van der Waals surface area contributed by atoms with E-state index < -0.39 is 11.9 Å². The molecule has 0 bridgehead atoms. The van der Waals surface area contributed by atoms with E-state index in [-0.39, 0.29) is 23.9 Å². The summed E-state index contributed by atoms with van der Waals surface area (Å²) in [4.78, 5) is 16.4. The second kappa shape index (κ2) is 9.54. The van der Waals surface area contributed by atoms with E-state index >= 15 is 0 Å². The molecule has 1 atom stereocenters. The smallest absolute Gasteiger partial charge is 0.374 e. The number of hydrogen-bond donors (Lipinski definition) is 1. The highest BCUT2D eigenvalue weighted by atomic mass is 16.5. The first-order valence-corrected chi connectivity index (χ1v) is 11.6. The van der Waals surface area contributed by atoms with Gasteiger partial charge in [-0.15, -0.1) is 0 Å². The van der Waals surface area contributed by atoms with Crippen LogP contribution in [0.15, 0.2) is 72.4 Å². The number of fused-ring (bicyclic) bond motifs is 1. The molecule has 10 nitrogen and oxygen atoms in total. The Balaban J connectivity index is 1.60. The maximum atomic E-state index is 12.3. The number of nitrogens with zero attached hydrogens (tertiary/aromatic N) is 5. The van der Waals surface area contributed by atoms with E-state index in [9.17, 15) is 10.1 Å². The number of allylic oxidation sites excluding steroid dienone is 1. The van der Waals surface area contributed by atoms with E-state index in [2.05, 4.69) is 11.1 Å². The SMILES string of the molecule is CCOC(=O)c1nccn1-c1ccc(C2C(C#N)=C(N)Oc3c2c(-c2ccc(OC)cc2)nn3C)cc1. The molecule has 1 aliphatic heterocycles. The van der Waals surface area contributed by atoms with Crippen molar-refractivity contribution in [1.82, 2.24) is 19.3 Å². The predicted molar refractivity (Wildman–Crippen MR) is 134 cm³/mol. The van der Waals surface area contributed by atoms with Gasteiger partial charge >= 0.3 is 5.97 Å². The van der Waals surface area contributed by atoms with Gasteiger partial charge in [0.15, 0.2) is 0 Å². The number of carbonyl (C=O) groups excluding carboxylic acids is 1. The predicted octanol–water partition coefficient (Wildman–Crippen LogP) is 3.68. The summed E-state index contributed by atoms with van der Waals surface area (Å²) in [6.45, 7) is 2.00. The minimum Gasteiger partial charge on any atom is -0.497 e. The Bertz CT molecular complexity index is 1540. The van der Waals surface area contributed by atoms with Crippen LogP contribution in [0.25, 0.3) is 16.9 Å². The quantitative estimate of drug-likeness (QED) is 0.400. The normalized spacial score (nSPS) is 14.5.